The summed E-state index contributed by atoms with van der Waals surface area (Å²) in [5, 5.41) is 4.74. The molecule has 0 atom stereocenters. The third-order valence-corrected chi connectivity index (χ3v) is 3.42. The van der Waals surface area contributed by atoms with Crippen LogP contribution in [0.5, 0.6) is 0 Å². The summed E-state index contributed by atoms with van der Waals surface area (Å²) in [6.07, 6.45) is 8.37. The van der Waals surface area contributed by atoms with Crippen LogP contribution in [-0.4, -0.2) is 22.5 Å². The lowest BCUT2D eigenvalue weighted by Gasteiger charge is -2.03. The molecule has 2 aromatic rings. The monoisotopic (exact) mass is 313 g/mol. The zero-order valence-electron chi connectivity index (χ0n) is 13.5. The predicted molar refractivity (Wildman–Crippen MR) is 89.2 cm³/mol. The summed E-state index contributed by atoms with van der Waals surface area (Å²) in [7, 11) is 0. The van der Waals surface area contributed by atoms with Crippen LogP contribution in [-0.2, 0) is 4.74 Å². The zero-order chi connectivity index (χ0) is 16.3. The van der Waals surface area contributed by atoms with Crippen LogP contribution in [0.1, 0.15) is 39.0 Å². The Balaban J connectivity index is 1.84. The number of benzene rings is 1. The Kier molecular flexibility index (Phi) is 7.04. The third-order valence-electron chi connectivity index (χ3n) is 3.42. The Labute approximate surface area is 136 Å². The van der Waals surface area contributed by atoms with Gasteiger partial charge in [-0.05, 0) is 24.6 Å². The normalized spacial score (nSPS) is 11.4. The largest absolute Gasteiger partial charge is 0.448 e. The van der Waals surface area contributed by atoms with E-state index in [0.29, 0.717) is 12.0 Å². The lowest BCUT2D eigenvalue weighted by Crippen LogP contribution is -2.12. The lowest BCUT2D eigenvalue weighted by atomic mass is 10.2. The van der Waals surface area contributed by atoms with Gasteiger partial charge in [-0.25, -0.2) is 9.48 Å². The Morgan fingerprint density at radius 1 is 1.13 bits per heavy atom. The number of amides is 1. The molecule has 1 aromatic heterocycles. The summed E-state index contributed by atoms with van der Waals surface area (Å²) >= 11 is 0. The predicted octanol–water partition coefficient (Wildman–Crippen LogP) is 3.88. The second-order valence-corrected chi connectivity index (χ2v) is 5.31. The maximum absolute atomic E-state index is 11.6. The Bertz CT molecular complexity index is 645. The van der Waals surface area contributed by atoms with Gasteiger partial charge in [0.05, 0.1) is 23.8 Å². The van der Waals surface area contributed by atoms with Crippen LogP contribution >= 0.6 is 0 Å². The molecule has 1 heterocycles. The van der Waals surface area contributed by atoms with E-state index in [-0.39, 0.29) is 0 Å². The average molecular weight is 313 g/mol. The zero-order valence-corrected chi connectivity index (χ0v) is 13.5. The maximum Gasteiger partial charge on any atom is 0.434 e. The van der Waals surface area contributed by atoms with Crippen molar-refractivity contribution < 1.29 is 9.53 Å². The van der Waals surface area contributed by atoms with E-state index < -0.39 is 6.09 Å². The fraction of sp³-hybridized carbons (Fsp3) is 0.389. The van der Waals surface area contributed by atoms with Gasteiger partial charge < -0.3 is 4.74 Å². The third kappa shape index (κ3) is 6.06. The number of aromatic nitrogens is 2. The number of hydrogen-bond acceptors (Lipinski definition) is 3. The fourth-order valence-electron chi connectivity index (χ4n) is 2.15. The molecule has 0 N–H and O–H groups in total. The molecule has 0 bridgehead atoms. The van der Waals surface area contributed by atoms with Gasteiger partial charge in [0, 0.05) is 6.20 Å². The van der Waals surface area contributed by atoms with Gasteiger partial charge in [-0.1, -0.05) is 50.8 Å². The summed E-state index contributed by atoms with van der Waals surface area (Å²) in [5.41, 5.74) is 0.953. The molecular weight excluding hydrogens is 290 g/mol. The van der Waals surface area contributed by atoms with Crippen molar-refractivity contribution in [2.45, 2.75) is 39.0 Å². The van der Waals surface area contributed by atoms with Crippen LogP contribution in [0, 0.1) is 0 Å². The first-order valence-corrected chi connectivity index (χ1v) is 8.11. The molecule has 0 radical (unpaired) electrons. The molecule has 0 spiro atoms. The van der Waals surface area contributed by atoms with Crippen molar-refractivity contribution >= 4 is 6.09 Å². The van der Waals surface area contributed by atoms with Crippen molar-refractivity contribution in [2.24, 2.45) is 4.99 Å². The Morgan fingerprint density at radius 3 is 2.61 bits per heavy atom. The van der Waals surface area contributed by atoms with E-state index in [1.54, 1.807) is 23.1 Å². The molecule has 1 aromatic carbocycles. The fourth-order valence-corrected chi connectivity index (χ4v) is 2.15. The highest BCUT2D eigenvalue weighted by Crippen LogP contribution is 2.03. The minimum absolute atomic E-state index is 0.427. The van der Waals surface area contributed by atoms with Gasteiger partial charge in [0.25, 0.3) is 0 Å². The average Bonchev–Trinajstić information content (AvgIpc) is 2.59. The number of ether oxygens (including phenoxy) is 1. The van der Waals surface area contributed by atoms with Gasteiger partial charge in [-0.3, -0.25) is 0 Å². The molecular formula is C18H23N3O2. The number of unbranched alkanes of at least 4 members (excludes halogenated alkanes) is 4. The van der Waals surface area contributed by atoms with Crippen molar-refractivity contribution in [1.29, 1.82) is 0 Å². The van der Waals surface area contributed by atoms with Crippen molar-refractivity contribution in [2.75, 3.05) is 6.61 Å². The van der Waals surface area contributed by atoms with E-state index in [1.165, 1.54) is 19.3 Å². The Hall–Kier alpha value is -2.43. The van der Waals surface area contributed by atoms with Gasteiger partial charge in [-0.2, -0.15) is 10.1 Å². The molecule has 0 aliphatic heterocycles. The molecule has 2 rings (SSSR count). The highest BCUT2D eigenvalue weighted by molar-refractivity contribution is 5.68. The highest BCUT2D eigenvalue weighted by atomic mass is 16.5. The van der Waals surface area contributed by atoms with Gasteiger partial charge in [-0.15, -0.1) is 0 Å². The summed E-state index contributed by atoms with van der Waals surface area (Å²) in [6.45, 7) is 2.60. The van der Waals surface area contributed by atoms with E-state index in [9.17, 15) is 4.79 Å². The minimum Gasteiger partial charge on any atom is -0.448 e. The van der Waals surface area contributed by atoms with Crippen LogP contribution in [0.4, 0.5) is 4.79 Å². The lowest BCUT2D eigenvalue weighted by molar-refractivity contribution is 0.154. The van der Waals surface area contributed by atoms with Gasteiger partial charge in [0.2, 0.25) is 0 Å². The number of nitrogens with zero attached hydrogens (tertiary/aromatic N) is 3. The SMILES string of the molecule is CCCCCCCOC(=O)N=c1ccn(-c2ccccc2)nc1. The molecule has 5 heteroatoms. The molecule has 23 heavy (non-hydrogen) atoms. The van der Waals surface area contributed by atoms with Crippen LogP contribution in [0.3, 0.4) is 0 Å². The second-order valence-electron chi connectivity index (χ2n) is 5.31. The van der Waals surface area contributed by atoms with Gasteiger partial charge in [0.15, 0.2) is 0 Å². The molecule has 0 aliphatic rings. The number of rotatable bonds is 7. The first-order valence-electron chi connectivity index (χ1n) is 8.11. The van der Waals surface area contributed by atoms with Crippen LogP contribution in [0.25, 0.3) is 5.69 Å². The summed E-state index contributed by atoms with van der Waals surface area (Å²) < 4.78 is 6.82. The molecule has 5 nitrogen and oxygen atoms in total. The summed E-state index contributed by atoms with van der Waals surface area (Å²) in [4.78, 5) is 15.5. The molecule has 0 saturated carbocycles. The molecule has 0 unspecified atom stereocenters. The van der Waals surface area contributed by atoms with Crippen LogP contribution < -0.4 is 5.36 Å². The van der Waals surface area contributed by atoms with Crippen molar-refractivity contribution in [1.82, 2.24) is 9.78 Å². The first kappa shape index (κ1) is 16.9. The van der Waals surface area contributed by atoms with Crippen molar-refractivity contribution in [3.05, 3.63) is 54.1 Å². The van der Waals surface area contributed by atoms with Crippen LogP contribution in [0.2, 0.25) is 0 Å². The maximum atomic E-state index is 11.6. The molecule has 0 fully saturated rings. The topological polar surface area (TPSA) is 56.5 Å². The van der Waals surface area contributed by atoms with Crippen molar-refractivity contribution in [3.8, 4) is 5.69 Å². The molecule has 122 valence electrons. The van der Waals surface area contributed by atoms with Gasteiger partial charge in [0.1, 0.15) is 0 Å². The quantitative estimate of drug-likeness (QED) is 0.729. The van der Waals surface area contributed by atoms with E-state index in [2.05, 4.69) is 17.0 Å². The minimum atomic E-state index is -0.556. The van der Waals surface area contributed by atoms with Gasteiger partial charge >= 0.3 is 6.09 Å². The molecule has 0 aliphatic carbocycles. The van der Waals surface area contributed by atoms with Crippen molar-refractivity contribution in [3.63, 3.8) is 0 Å². The second kappa shape index (κ2) is 9.56. The molecule has 1 amide bonds. The summed E-state index contributed by atoms with van der Waals surface area (Å²) in [6, 6.07) is 11.5. The number of carbonyl (C=O) groups excluding carboxylic acids is 1. The molecule has 0 saturated heterocycles. The van der Waals surface area contributed by atoms with E-state index in [1.807, 2.05) is 30.3 Å². The highest BCUT2D eigenvalue weighted by Gasteiger charge is 1.99. The Morgan fingerprint density at radius 2 is 1.91 bits per heavy atom. The van der Waals surface area contributed by atoms with E-state index in [0.717, 1.165) is 18.5 Å². The van der Waals surface area contributed by atoms with E-state index in [4.69, 9.17) is 4.74 Å². The number of para-hydroxylation sites is 1. The standard InChI is InChI=1S/C18H23N3O2/c1-2-3-4-5-9-14-23-18(22)20-16-12-13-21(19-15-16)17-10-7-6-8-11-17/h6-8,10-13,15H,2-5,9,14H2,1H3. The number of carbonyl (C=O) groups is 1. The smallest absolute Gasteiger partial charge is 0.434 e. The number of hydrogen-bond donors (Lipinski definition) is 0. The van der Waals surface area contributed by atoms with Crippen LogP contribution in [0.15, 0.2) is 53.8 Å². The van der Waals surface area contributed by atoms with E-state index >= 15 is 0 Å². The summed E-state index contributed by atoms with van der Waals surface area (Å²) in [5.74, 6) is 0. The first-order chi connectivity index (χ1) is 11.3.